The summed E-state index contributed by atoms with van der Waals surface area (Å²) in [4.78, 5) is 12.9. The molecule has 0 aromatic rings. The Morgan fingerprint density at radius 1 is 1.40 bits per heavy atom. The molecule has 3 atom stereocenters. The molecular weight excluding hydrogens is 197 g/mol. The van der Waals surface area contributed by atoms with Crippen LogP contribution in [0, 0.1) is 5.92 Å². The molecule has 2 rings (SSSR count). The van der Waals surface area contributed by atoms with Crippen LogP contribution in [-0.2, 0) is 4.79 Å². The molecule has 0 radical (unpaired) electrons. The highest BCUT2D eigenvalue weighted by Crippen LogP contribution is 2.39. The molecule has 1 heterocycles. The number of nitrogens with zero attached hydrogens (tertiary/aromatic N) is 1. The van der Waals surface area contributed by atoms with Crippen LogP contribution in [0.2, 0.25) is 0 Å². The Balaban J connectivity index is 2.10. The second-order valence-electron chi connectivity index (χ2n) is 4.63. The molecule has 15 heavy (non-hydrogen) atoms. The number of carbonyl (C=O) groups is 1. The number of hydrogen-bond acceptors (Lipinski definition) is 2. The minimum Gasteiger partial charge on any atom is -0.480 e. The molecule has 0 spiro atoms. The Morgan fingerprint density at radius 3 is 2.80 bits per heavy atom. The Labute approximate surface area is 89.3 Å². The Hall–Kier alpha value is -0.640. The summed E-state index contributed by atoms with van der Waals surface area (Å²) >= 11 is 0. The van der Waals surface area contributed by atoms with Gasteiger partial charge in [-0.15, -0.1) is 0 Å². The SMILES string of the molecule is O=C(O)C1CC2CCCCC2N1CCF. The zero-order valence-corrected chi connectivity index (χ0v) is 8.86. The van der Waals surface area contributed by atoms with Crippen molar-refractivity contribution >= 4 is 5.97 Å². The Morgan fingerprint density at radius 2 is 2.13 bits per heavy atom. The molecule has 1 aliphatic carbocycles. The molecule has 1 N–H and O–H groups in total. The third-order valence-corrected chi connectivity index (χ3v) is 3.85. The van der Waals surface area contributed by atoms with Crippen molar-refractivity contribution < 1.29 is 14.3 Å². The van der Waals surface area contributed by atoms with Gasteiger partial charge in [-0.2, -0.15) is 0 Å². The number of aliphatic carboxylic acids is 1. The summed E-state index contributed by atoms with van der Waals surface area (Å²) in [7, 11) is 0. The fraction of sp³-hybridized carbons (Fsp3) is 0.909. The Kier molecular flexibility index (Phi) is 3.24. The summed E-state index contributed by atoms with van der Waals surface area (Å²) in [5.74, 6) is -0.288. The van der Waals surface area contributed by atoms with E-state index >= 15 is 0 Å². The van der Waals surface area contributed by atoms with Gasteiger partial charge >= 0.3 is 5.97 Å². The number of hydrogen-bond donors (Lipinski definition) is 1. The number of alkyl halides is 1. The summed E-state index contributed by atoms with van der Waals surface area (Å²) in [6.07, 6.45) is 5.26. The normalized spacial score (nSPS) is 36.5. The Bertz CT molecular complexity index is 247. The molecule has 0 aromatic heterocycles. The number of likely N-dealkylation sites (tertiary alicyclic amines) is 1. The standard InChI is InChI=1S/C11H18FNO2/c12-5-6-13-9-4-2-1-3-8(9)7-10(13)11(14)15/h8-10H,1-7H2,(H,14,15). The lowest BCUT2D eigenvalue weighted by Crippen LogP contribution is -2.43. The maximum absolute atomic E-state index is 12.4. The van der Waals surface area contributed by atoms with Crippen LogP contribution in [0.5, 0.6) is 0 Å². The average Bonchev–Trinajstić information content (AvgIpc) is 2.58. The molecular formula is C11H18FNO2. The zero-order chi connectivity index (χ0) is 10.8. The topological polar surface area (TPSA) is 40.5 Å². The van der Waals surface area contributed by atoms with Crippen molar-refractivity contribution in [2.24, 2.45) is 5.92 Å². The second kappa shape index (κ2) is 4.47. The van der Waals surface area contributed by atoms with E-state index < -0.39 is 18.7 Å². The van der Waals surface area contributed by atoms with Crippen LogP contribution in [0.3, 0.4) is 0 Å². The third kappa shape index (κ3) is 2.00. The van der Waals surface area contributed by atoms with Gasteiger partial charge in [0.1, 0.15) is 12.7 Å². The van der Waals surface area contributed by atoms with E-state index in [0.29, 0.717) is 12.0 Å². The zero-order valence-electron chi connectivity index (χ0n) is 8.86. The van der Waals surface area contributed by atoms with Crippen molar-refractivity contribution in [2.75, 3.05) is 13.2 Å². The van der Waals surface area contributed by atoms with Crippen LogP contribution in [0.4, 0.5) is 4.39 Å². The van der Waals surface area contributed by atoms with Crippen LogP contribution in [-0.4, -0.2) is 41.3 Å². The first-order valence-electron chi connectivity index (χ1n) is 5.78. The smallest absolute Gasteiger partial charge is 0.320 e. The number of fused-ring (bicyclic) bond motifs is 1. The first-order valence-corrected chi connectivity index (χ1v) is 5.78. The van der Waals surface area contributed by atoms with Gasteiger partial charge < -0.3 is 5.11 Å². The fourth-order valence-corrected chi connectivity index (χ4v) is 3.21. The molecule has 0 aromatic carbocycles. The van der Waals surface area contributed by atoms with Crippen LogP contribution < -0.4 is 0 Å². The lowest BCUT2D eigenvalue weighted by molar-refractivity contribution is -0.142. The van der Waals surface area contributed by atoms with Crippen LogP contribution in [0.15, 0.2) is 0 Å². The van der Waals surface area contributed by atoms with E-state index in [1.807, 2.05) is 4.90 Å². The van der Waals surface area contributed by atoms with Crippen molar-refractivity contribution in [1.82, 2.24) is 4.90 Å². The first-order chi connectivity index (χ1) is 7.24. The average molecular weight is 215 g/mol. The summed E-state index contributed by atoms with van der Waals surface area (Å²) in [6, 6.07) is -0.107. The molecule has 1 aliphatic heterocycles. The lowest BCUT2D eigenvalue weighted by atomic mass is 9.85. The quantitative estimate of drug-likeness (QED) is 0.778. The molecule has 2 fully saturated rings. The van der Waals surface area contributed by atoms with E-state index in [1.54, 1.807) is 0 Å². The van der Waals surface area contributed by atoms with Gasteiger partial charge in [-0.25, -0.2) is 4.39 Å². The molecule has 0 amide bonds. The van der Waals surface area contributed by atoms with Gasteiger partial charge in [-0.1, -0.05) is 12.8 Å². The molecule has 3 nitrogen and oxygen atoms in total. The highest BCUT2D eigenvalue weighted by Gasteiger charge is 2.44. The molecule has 86 valence electrons. The molecule has 2 aliphatic rings. The maximum atomic E-state index is 12.4. The number of carboxylic acid groups (broad SMARTS) is 1. The number of rotatable bonds is 3. The molecule has 0 bridgehead atoms. The van der Waals surface area contributed by atoms with Crippen molar-refractivity contribution in [3.05, 3.63) is 0 Å². The van der Waals surface area contributed by atoms with Crippen molar-refractivity contribution in [3.63, 3.8) is 0 Å². The summed E-state index contributed by atoms with van der Waals surface area (Å²) in [5, 5.41) is 9.09. The van der Waals surface area contributed by atoms with E-state index in [9.17, 15) is 9.18 Å². The first kappa shape index (κ1) is 10.9. The largest absolute Gasteiger partial charge is 0.480 e. The van der Waals surface area contributed by atoms with Gasteiger partial charge in [0.25, 0.3) is 0 Å². The third-order valence-electron chi connectivity index (χ3n) is 3.85. The second-order valence-corrected chi connectivity index (χ2v) is 4.63. The lowest BCUT2D eigenvalue weighted by Gasteiger charge is -2.32. The van der Waals surface area contributed by atoms with Crippen LogP contribution >= 0.6 is 0 Å². The molecule has 1 saturated heterocycles. The molecule has 1 saturated carbocycles. The van der Waals surface area contributed by atoms with E-state index in [0.717, 1.165) is 25.7 Å². The van der Waals surface area contributed by atoms with Gasteiger partial charge in [0.15, 0.2) is 0 Å². The highest BCUT2D eigenvalue weighted by atomic mass is 19.1. The summed E-state index contributed by atoms with van der Waals surface area (Å²) in [6.45, 7) is -0.148. The van der Waals surface area contributed by atoms with Gasteiger partial charge in [-0.3, -0.25) is 9.69 Å². The van der Waals surface area contributed by atoms with Crippen LogP contribution in [0.1, 0.15) is 32.1 Å². The monoisotopic (exact) mass is 215 g/mol. The minimum absolute atomic E-state index is 0.290. The summed E-state index contributed by atoms with van der Waals surface area (Å²) in [5.41, 5.74) is 0. The van der Waals surface area contributed by atoms with Crippen molar-refractivity contribution in [2.45, 2.75) is 44.2 Å². The van der Waals surface area contributed by atoms with Crippen molar-refractivity contribution in [3.8, 4) is 0 Å². The highest BCUT2D eigenvalue weighted by molar-refractivity contribution is 5.74. The molecule has 4 heteroatoms. The van der Waals surface area contributed by atoms with E-state index in [1.165, 1.54) is 6.42 Å². The van der Waals surface area contributed by atoms with E-state index in [-0.39, 0.29) is 6.54 Å². The predicted molar refractivity (Wildman–Crippen MR) is 54.5 cm³/mol. The van der Waals surface area contributed by atoms with Gasteiger partial charge in [-0.05, 0) is 25.2 Å². The minimum atomic E-state index is -0.780. The molecule has 3 unspecified atom stereocenters. The summed E-state index contributed by atoms with van der Waals surface area (Å²) < 4.78 is 12.4. The van der Waals surface area contributed by atoms with Gasteiger partial charge in [0.05, 0.1) is 0 Å². The number of carboxylic acids is 1. The fourth-order valence-electron chi connectivity index (χ4n) is 3.21. The van der Waals surface area contributed by atoms with Crippen molar-refractivity contribution in [1.29, 1.82) is 0 Å². The number of halogens is 1. The van der Waals surface area contributed by atoms with E-state index in [4.69, 9.17) is 5.11 Å². The van der Waals surface area contributed by atoms with Gasteiger partial charge in [0.2, 0.25) is 0 Å². The maximum Gasteiger partial charge on any atom is 0.320 e. The van der Waals surface area contributed by atoms with Gasteiger partial charge in [0, 0.05) is 12.6 Å². The van der Waals surface area contributed by atoms with Crippen LogP contribution in [0.25, 0.3) is 0 Å². The predicted octanol–water partition coefficient (Wildman–Crippen LogP) is 1.67. The van der Waals surface area contributed by atoms with E-state index in [2.05, 4.69) is 0 Å².